The van der Waals surface area contributed by atoms with Crippen LogP contribution in [0, 0.1) is 11.9 Å². The van der Waals surface area contributed by atoms with Crippen molar-refractivity contribution >= 4 is 5.97 Å². The van der Waals surface area contributed by atoms with Crippen molar-refractivity contribution in [2.24, 2.45) is 0 Å². The maximum atomic E-state index is 12.8. The highest BCUT2D eigenvalue weighted by molar-refractivity contribution is 5.89. The summed E-state index contributed by atoms with van der Waals surface area (Å²) >= 11 is 0. The minimum absolute atomic E-state index is 0.147. The van der Waals surface area contributed by atoms with Gasteiger partial charge in [0.05, 0.1) is 12.2 Å². The maximum Gasteiger partial charge on any atom is 0.338 e. The van der Waals surface area contributed by atoms with Gasteiger partial charge in [0, 0.05) is 18.6 Å². The highest BCUT2D eigenvalue weighted by atomic mass is 19.1. The fraction of sp³-hybridized carbons (Fsp3) is 0.143. The number of aromatic nitrogens is 1. The van der Waals surface area contributed by atoms with Gasteiger partial charge in [-0.3, -0.25) is 0 Å². The van der Waals surface area contributed by atoms with E-state index in [0.29, 0.717) is 6.42 Å². The van der Waals surface area contributed by atoms with Gasteiger partial charge in [0.25, 0.3) is 0 Å². The fourth-order valence-electron chi connectivity index (χ4n) is 1.57. The molecule has 0 saturated heterocycles. The molecule has 0 spiro atoms. The topological polar surface area (TPSA) is 39.2 Å². The van der Waals surface area contributed by atoms with Gasteiger partial charge in [-0.15, -0.1) is 0 Å². The van der Waals surface area contributed by atoms with Crippen LogP contribution in [0.1, 0.15) is 15.9 Å². The van der Waals surface area contributed by atoms with Crippen molar-refractivity contribution in [3.63, 3.8) is 0 Å². The quantitative estimate of drug-likeness (QED) is 0.629. The van der Waals surface area contributed by atoms with Crippen molar-refractivity contribution < 1.29 is 18.3 Å². The molecule has 2 aromatic rings. The Labute approximate surface area is 108 Å². The third-order valence-corrected chi connectivity index (χ3v) is 2.47. The molecular formula is C14H11F2NO2. The number of pyridine rings is 1. The number of hydrogen-bond acceptors (Lipinski definition) is 3. The van der Waals surface area contributed by atoms with E-state index in [4.69, 9.17) is 4.74 Å². The van der Waals surface area contributed by atoms with Gasteiger partial charge in [-0.25, -0.2) is 4.79 Å². The van der Waals surface area contributed by atoms with E-state index in [9.17, 15) is 13.6 Å². The fourth-order valence-corrected chi connectivity index (χ4v) is 1.57. The van der Waals surface area contributed by atoms with Crippen LogP contribution in [0.5, 0.6) is 0 Å². The lowest BCUT2D eigenvalue weighted by Gasteiger charge is -2.05. The Kier molecular flexibility index (Phi) is 4.18. The molecular weight excluding hydrogens is 252 g/mol. The van der Waals surface area contributed by atoms with E-state index in [0.717, 1.165) is 17.7 Å². The van der Waals surface area contributed by atoms with Gasteiger partial charge in [-0.1, -0.05) is 30.3 Å². The Balaban J connectivity index is 1.91. The van der Waals surface area contributed by atoms with Crippen LogP contribution in [0.4, 0.5) is 8.78 Å². The third-order valence-electron chi connectivity index (χ3n) is 2.47. The van der Waals surface area contributed by atoms with Crippen molar-refractivity contribution in [1.29, 1.82) is 0 Å². The van der Waals surface area contributed by atoms with Gasteiger partial charge < -0.3 is 4.74 Å². The van der Waals surface area contributed by atoms with E-state index in [1.165, 1.54) is 0 Å². The zero-order valence-electron chi connectivity index (χ0n) is 9.98. The van der Waals surface area contributed by atoms with Gasteiger partial charge in [0.2, 0.25) is 11.9 Å². The Morgan fingerprint density at radius 3 is 2.37 bits per heavy atom. The molecule has 1 aromatic heterocycles. The Bertz CT molecular complexity index is 553. The molecule has 0 aliphatic heterocycles. The summed E-state index contributed by atoms with van der Waals surface area (Å²) in [6, 6.07) is 11.1. The number of nitrogens with zero attached hydrogens (tertiary/aromatic N) is 1. The predicted molar refractivity (Wildman–Crippen MR) is 64.6 cm³/mol. The first kappa shape index (κ1) is 13.1. The second-order valence-corrected chi connectivity index (χ2v) is 3.87. The van der Waals surface area contributed by atoms with E-state index in [1.807, 2.05) is 30.3 Å². The van der Waals surface area contributed by atoms with Crippen LogP contribution in [-0.2, 0) is 11.2 Å². The van der Waals surface area contributed by atoms with Crippen molar-refractivity contribution in [3.05, 3.63) is 65.5 Å². The van der Waals surface area contributed by atoms with E-state index >= 15 is 0 Å². The predicted octanol–water partition coefficient (Wildman–Crippen LogP) is 2.76. The molecule has 0 aliphatic rings. The molecule has 0 bridgehead atoms. The third kappa shape index (κ3) is 3.84. The molecule has 0 aliphatic carbocycles. The lowest BCUT2D eigenvalue weighted by atomic mass is 10.2. The molecule has 1 heterocycles. The SMILES string of the molecule is O=C(OCCc1ccccc1)c1cc(F)nc(F)c1. The highest BCUT2D eigenvalue weighted by Crippen LogP contribution is 2.07. The number of benzene rings is 1. The summed E-state index contributed by atoms with van der Waals surface area (Å²) in [4.78, 5) is 14.5. The van der Waals surface area contributed by atoms with Crippen LogP contribution in [0.3, 0.4) is 0 Å². The number of hydrogen-bond donors (Lipinski definition) is 0. The number of ether oxygens (including phenoxy) is 1. The number of halogens is 2. The summed E-state index contributed by atoms with van der Waals surface area (Å²) in [7, 11) is 0. The minimum atomic E-state index is -1.05. The summed E-state index contributed by atoms with van der Waals surface area (Å²) < 4.78 is 30.6. The molecule has 0 fully saturated rings. The zero-order chi connectivity index (χ0) is 13.7. The van der Waals surface area contributed by atoms with Crippen molar-refractivity contribution in [1.82, 2.24) is 4.98 Å². The summed E-state index contributed by atoms with van der Waals surface area (Å²) in [5, 5.41) is 0. The Morgan fingerprint density at radius 2 is 1.74 bits per heavy atom. The van der Waals surface area contributed by atoms with Crippen molar-refractivity contribution in [3.8, 4) is 0 Å². The van der Waals surface area contributed by atoms with Crippen LogP contribution in [0.15, 0.2) is 42.5 Å². The monoisotopic (exact) mass is 263 g/mol. The number of rotatable bonds is 4. The highest BCUT2D eigenvalue weighted by Gasteiger charge is 2.11. The number of carbonyl (C=O) groups is 1. The van der Waals surface area contributed by atoms with Crippen LogP contribution in [-0.4, -0.2) is 17.6 Å². The van der Waals surface area contributed by atoms with Crippen LogP contribution < -0.4 is 0 Å². The Morgan fingerprint density at radius 1 is 1.11 bits per heavy atom. The molecule has 0 atom stereocenters. The number of carbonyl (C=O) groups excluding carboxylic acids is 1. The number of esters is 1. The van der Waals surface area contributed by atoms with Gasteiger partial charge >= 0.3 is 5.97 Å². The molecule has 0 saturated carbocycles. The molecule has 19 heavy (non-hydrogen) atoms. The first-order valence-electron chi connectivity index (χ1n) is 5.69. The molecule has 0 radical (unpaired) electrons. The zero-order valence-corrected chi connectivity index (χ0v) is 9.98. The van der Waals surface area contributed by atoms with E-state index in [2.05, 4.69) is 4.98 Å². The summed E-state index contributed by atoms with van der Waals surface area (Å²) in [6.07, 6.45) is 0.544. The normalized spacial score (nSPS) is 10.2. The van der Waals surface area contributed by atoms with Gasteiger partial charge in [0.15, 0.2) is 0 Å². The smallest absolute Gasteiger partial charge is 0.338 e. The van der Waals surface area contributed by atoms with Crippen LogP contribution in [0.25, 0.3) is 0 Å². The summed E-state index contributed by atoms with van der Waals surface area (Å²) in [5.41, 5.74) is 0.834. The largest absolute Gasteiger partial charge is 0.462 e. The van der Waals surface area contributed by atoms with Gasteiger partial charge in [0.1, 0.15) is 0 Å². The standard InChI is InChI=1S/C14H11F2NO2/c15-12-8-11(9-13(16)17-12)14(18)19-7-6-10-4-2-1-3-5-10/h1-5,8-9H,6-7H2. The van der Waals surface area contributed by atoms with Crippen molar-refractivity contribution in [2.45, 2.75) is 6.42 Å². The average Bonchev–Trinajstić information content (AvgIpc) is 2.38. The summed E-state index contributed by atoms with van der Waals surface area (Å²) in [5.74, 6) is -2.86. The average molecular weight is 263 g/mol. The van der Waals surface area contributed by atoms with Gasteiger partial charge in [-0.05, 0) is 5.56 Å². The molecule has 0 N–H and O–H groups in total. The molecule has 98 valence electrons. The molecule has 2 rings (SSSR count). The van der Waals surface area contributed by atoms with Crippen molar-refractivity contribution in [2.75, 3.05) is 6.61 Å². The first-order chi connectivity index (χ1) is 9.15. The van der Waals surface area contributed by atoms with E-state index < -0.39 is 17.9 Å². The molecule has 0 unspecified atom stereocenters. The second kappa shape index (κ2) is 6.04. The van der Waals surface area contributed by atoms with Crippen LogP contribution in [0.2, 0.25) is 0 Å². The lowest BCUT2D eigenvalue weighted by Crippen LogP contribution is -2.09. The first-order valence-corrected chi connectivity index (χ1v) is 5.69. The molecule has 5 heteroatoms. The molecule has 1 aromatic carbocycles. The van der Waals surface area contributed by atoms with E-state index in [-0.39, 0.29) is 12.2 Å². The second-order valence-electron chi connectivity index (χ2n) is 3.87. The molecule has 0 amide bonds. The Hall–Kier alpha value is -2.30. The minimum Gasteiger partial charge on any atom is -0.462 e. The maximum absolute atomic E-state index is 12.8. The van der Waals surface area contributed by atoms with Crippen LogP contribution >= 0.6 is 0 Å². The van der Waals surface area contributed by atoms with E-state index in [1.54, 1.807) is 0 Å². The summed E-state index contributed by atoms with van der Waals surface area (Å²) in [6.45, 7) is 0.147. The lowest BCUT2D eigenvalue weighted by molar-refractivity contribution is 0.0507. The van der Waals surface area contributed by atoms with Gasteiger partial charge in [-0.2, -0.15) is 13.8 Å². The molecule has 3 nitrogen and oxygen atoms in total.